The Kier molecular flexibility index (Phi) is 9.78. The van der Waals surface area contributed by atoms with Crippen molar-refractivity contribution >= 4 is 6.15 Å². The van der Waals surface area contributed by atoms with Crippen LogP contribution in [0.25, 0.3) is 0 Å². The van der Waals surface area contributed by atoms with Crippen molar-refractivity contribution in [2.45, 2.75) is 20.3 Å². The molecule has 0 radical (unpaired) electrons. The summed E-state index contributed by atoms with van der Waals surface area (Å²) < 4.78 is 0. The molecule has 16 heavy (non-hydrogen) atoms. The molecular formula is C10H16BN5. The van der Waals surface area contributed by atoms with Gasteiger partial charge in [-0.15, -0.1) is 23.9 Å². The van der Waals surface area contributed by atoms with Crippen molar-refractivity contribution in [2.24, 2.45) is 0 Å². The first-order valence-electron chi connectivity index (χ1n) is 5.17. The Morgan fingerprint density at radius 3 is 1.38 bits per heavy atom. The smallest absolute Gasteiger partial charge is 0.338 e. The van der Waals surface area contributed by atoms with E-state index in [1.54, 1.807) is 4.90 Å². The van der Waals surface area contributed by atoms with Gasteiger partial charge in [0.1, 0.15) is 0 Å². The lowest BCUT2D eigenvalue weighted by Gasteiger charge is -2.07. The van der Waals surface area contributed by atoms with Gasteiger partial charge in [0.05, 0.1) is 20.1 Å². The molecule has 1 unspecified atom stereocenters. The van der Waals surface area contributed by atoms with Crippen LogP contribution in [0.5, 0.6) is 0 Å². The predicted octanol–water partition coefficient (Wildman–Crippen LogP) is -0.383. The summed E-state index contributed by atoms with van der Waals surface area (Å²) in [5.74, 6) is 5.38. The highest BCUT2D eigenvalue weighted by molar-refractivity contribution is 7.05. The second kappa shape index (κ2) is 9.54. The van der Waals surface area contributed by atoms with E-state index in [4.69, 9.17) is 21.0 Å². The standard InChI is InChI=1S/C6H15N.C4BN4/c1-4-6-7(3)5-2;6-1-5(2-7,3-8)4-9/h4-6H2,1-3H3;/q;-1/p+1. The Morgan fingerprint density at radius 2 is 1.31 bits per heavy atom. The predicted molar refractivity (Wildman–Crippen MR) is 60.8 cm³/mol. The lowest BCUT2D eigenvalue weighted by molar-refractivity contribution is -0.877. The van der Waals surface area contributed by atoms with Crippen LogP contribution in [0.3, 0.4) is 0 Å². The van der Waals surface area contributed by atoms with Crippen LogP contribution in [0.1, 0.15) is 20.3 Å². The van der Waals surface area contributed by atoms with Gasteiger partial charge in [-0.25, -0.2) is 21.0 Å². The second-order valence-electron chi connectivity index (χ2n) is 3.44. The minimum Gasteiger partial charge on any atom is -0.338 e. The molecule has 0 aliphatic rings. The molecule has 0 spiro atoms. The first-order chi connectivity index (χ1) is 7.55. The lowest BCUT2D eigenvalue weighted by Crippen LogP contribution is -3.08. The molecule has 6 heteroatoms. The second-order valence-corrected chi connectivity index (χ2v) is 3.44. The molecule has 0 saturated carbocycles. The zero-order valence-corrected chi connectivity index (χ0v) is 9.99. The third kappa shape index (κ3) is 6.44. The minimum atomic E-state index is -2.72. The number of nitrogens with one attached hydrogen (secondary N) is 1. The van der Waals surface area contributed by atoms with Gasteiger partial charge in [-0.05, 0) is 13.3 Å². The summed E-state index contributed by atoms with van der Waals surface area (Å²) in [6.07, 6.45) is -1.42. The molecule has 0 heterocycles. The summed E-state index contributed by atoms with van der Waals surface area (Å²) in [6, 6.07) is 0. The van der Waals surface area contributed by atoms with Crippen LogP contribution >= 0.6 is 0 Å². The third-order valence-electron chi connectivity index (χ3n) is 2.05. The Labute approximate surface area is 97.0 Å². The van der Waals surface area contributed by atoms with Crippen molar-refractivity contribution in [3.63, 3.8) is 0 Å². The molecule has 1 atom stereocenters. The number of nitrogens with zero attached hydrogens (tertiary/aromatic N) is 4. The van der Waals surface area contributed by atoms with Gasteiger partial charge >= 0.3 is 6.15 Å². The van der Waals surface area contributed by atoms with Gasteiger partial charge in [0.15, 0.2) is 0 Å². The molecule has 0 fully saturated rings. The molecule has 0 rings (SSSR count). The Hall–Kier alpha value is -2.02. The zero-order valence-electron chi connectivity index (χ0n) is 9.99. The van der Waals surface area contributed by atoms with Crippen LogP contribution in [0.15, 0.2) is 0 Å². The van der Waals surface area contributed by atoms with Gasteiger partial charge in [-0.3, -0.25) is 0 Å². The fourth-order valence-corrected chi connectivity index (χ4v) is 0.777. The quantitative estimate of drug-likeness (QED) is 0.651. The van der Waals surface area contributed by atoms with Crippen LogP contribution < -0.4 is 4.90 Å². The van der Waals surface area contributed by atoms with E-state index in [0.717, 1.165) is 0 Å². The maximum atomic E-state index is 8.09. The molecule has 0 saturated heterocycles. The first-order valence-corrected chi connectivity index (χ1v) is 5.17. The summed E-state index contributed by atoms with van der Waals surface area (Å²) in [5, 5.41) is 32.3. The van der Waals surface area contributed by atoms with E-state index in [1.165, 1.54) is 43.4 Å². The van der Waals surface area contributed by atoms with E-state index in [1.807, 2.05) is 0 Å². The number of nitriles is 4. The van der Waals surface area contributed by atoms with Gasteiger partial charge in [-0.2, -0.15) is 0 Å². The highest BCUT2D eigenvalue weighted by Gasteiger charge is 2.22. The summed E-state index contributed by atoms with van der Waals surface area (Å²) in [6.45, 7) is 7.01. The highest BCUT2D eigenvalue weighted by atomic mass is 15.1. The van der Waals surface area contributed by atoms with Crippen molar-refractivity contribution in [1.29, 1.82) is 21.0 Å². The molecule has 0 aromatic rings. The van der Waals surface area contributed by atoms with E-state index in [2.05, 4.69) is 20.9 Å². The Balaban J connectivity index is 0. The summed E-state index contributed by atoms with van der Waals surface area (Å²) in [7, 11) is 2.23. The van der Waals surface area contributed by atoms with E-state index in [0.29, 0.717) is 0 Å². The maximum Gasteiger partial charge on any atom is 0.383 e. The van der Waals surface area contributed by atoms with Crippen LogP contribution in [0.4, 0.5) is 0 Å². The van der Waals surface area contributed by atoms with Crippen molar-refractivity contribution in [2.75, 3.05) is 20.1 Å². The van der Waals surface area contributed by atoms with Crippen LogP contribution in [0, 0.1) is 44.9 Å². The van der Waals surface area contributed by atoms with Crippen molar-refractivity contribution in [3.05, 3.63) is 0 Å². The largest absolute Gasteiger partial charge is 0.383 e. The van der Waals surface area contributed by atoms with E-state index >= 15 is 0 Å². The fraction of sp³-hybridized carbons (Fsp3) is 0.600. The van der Waals surface area contributed by atoms with Crippen LogP contribution in [0.2, 0.25) is 0 Å². The van der Waals surface area contributed by atoms with Crippen LogP contribution in [-0.4, -0.2) is 26.3 Å². The lowest BCUT2D eigenvalue weighted by atomic mass is 9.30. The Bertz CT molecular complexity index is 290. The highest BCUT2D eigenvalue weighted by Crippen LogP contribution is 1.92. The average Bonchev–Trinajstić information content (AvgIpc) is 2.34. The summed E-state index contributed by atoms with van der Waals surface area (Å²) in [5.41, 5.74) is 0. The number of hydrogen-bond acceptors (Lipinski definition) is 4. The molecule has 1 N–H and O–H groups in total. The number of quaternary nitrogens is 1. The van der Waals surface area contributed by atoms with Gasteiger partial charge in [0, 0.05) is 0 Å². The molecule has 0 amide bonds. The van der Waals surface area contributed by atoms with Gasteiger partial charge in [-0.1, -0.05) is 6.92 Å². The molecule has 0 aliphatic carbocycles. The topological polar surface area (TPSA) is 99.6 Å². The van der Waals surface area contributed by atoms with Crippen molar-refractivity contribution < 1.29 is 4.90 Å². The van der Waals surface area contributed by atoms with Gasteiger partial charge in [0.25, 0.3) is 0 Å². The molecular weight excluding hydrogens is 201 g/mol. The van der Waals surface area contributed by atoms with Crippen LogP contribution in [-0.2, 0) is 0 Å². The Morgan fingerprint density at radius 1 is 0.938 bits per heavy atom. The van der Waals surface area contributed by atoms with Gasteiger partial charge < -0.3 is 4.90 Å². The maximum absolute atomic E-state index is 8.09. The molecule has 0 aromatic carbocycles. The molecule has 84 valence electrons. The number of rotatable bonds is 3. The van der Waals surface area contributed by atoms with E-state index < -0.39 is 6.15 Å². The monoisotopic (exact) mass is 217 g/mol. The van der Waals surface area contributed by atoms with Gasteiger partial charge in [0.2, 0.25) is 0 Å². The fourth-order valence-electron chi connectivity index (χ4n) is 0.777. The summed E-state index contributed by atoms with van der Waals surface area (Å²) in [4.78, 5) is 1.63. The third-order valence-corrected chi connectivity index (χ3v) is 2.05. The molecule has 5 nitrogen and oxygen atoms in total. The van der Waals surface area contributed by atoms with Crippen molar-refractivity contribution in [3.8, 4) is 23.9 Å². The normalized spacial score (nSPS) is 10.4. The summed E-state index contributed by atoms with van der Waals surface area (Å²) >= 11 is 0. The first kappa shape index (κ1) is 16.4. The van der Waals surface area contributed by atoms with E-state index in [9.17, 15) is 0 Å². The molecule has 0 aromatic heterocycles. The SMILES string of the molecule is CCC[NH+](C)CC.N#C[B-](C#N)(C#N)C#N. The van der Waals surface area contributed by atoms with E-state index in [-0.39, 0.29) is 0 Å². The molecule has 0 bridgehead atoms. The van der Waals surface area contributed by atoms with Crippen molar-refractivity contribution in [1.82, 2.24) is 0 Å². The zero-order chi connectivity index (χ0) is 13.0. The minimum absolute atomic E-state index is 1.26. The molecule has 0 aliphatic heterocycles. The average molecular weight is 217 g/mol. The number of hydrogen-bond donors (Lipinski definition) is 1.